The van der Waals surface area contributed by atoms with Gasteiger partial charge < -0.3 is 15.4 Å². The molecule has 39 heavy (non-hydrogen) atoms. The fraction of sp³-hybridized carbons (Fsp3) is 0.174. The summed E-state index contributed by atoms with van der Waals surface area (Å²) >= 11 is 6.79. The maximum absolute atomic E-state index is 13.2. The summed E-state index contributed by atoms with van der Waals surface area (Å²) in [6, 6.07) is 12.0. The Morgan fingerprint density at radius 3 is 2.23 bits per heavy atom. The molecule has 0 saturated carbocycles. The number of rotatable bonds is 5. The van der Waals surface area contributed by atoms with Crippen LogP contribution in [0.25, 0.3) is 0 Å². The van der Waals surface area contributed by atoms with Gasteiger partial charge in [-0.2, -0.15) is 21.6 Å². The lowest BCUT2D eigenvalue weighted by molar-refractivity contribution is -0.137. The number of ether oxygens (including phenoxy) is 1. The van der Waals surface area contributed by atoms with Crippen molar-refractivity contribution in [1.82, 2.24) is 0 Å². The van der Waals surface area contributed by atoms with Gasteiger partial charge in [0.15, 0.2) is 0 Å². The number of anilines is 3. The smallest absolute Gasteiger partial charge is 0.416 e. The number of hydrogen-bond donors (Lipinski definition) is 4. The van der Waals surface area contributed by atoms with E-state index in [2.05, 4.69) is 10.6 Å². The molecule has 1 aliphatic heterocycles. The van der Waals surface area contributed by atoms with Crippen molar-refractivity contribution in [3.05, 3.63) is 74.9 Å². The summed E-state index contributed by atoms with van der Waals surface area (Å²) < 4.78 is 71.1. The van der Waals surface area contributed by atoms with E-state index in [0.29, 0.717) is 41.2 Å². The third-order valence-corrected chi connectivity index (χ3v) is 6.10. The Morgan fingerprint density at radius 2 is 1.72 bits per heavy atom. The molecule has 1 aliphatic rings. The molecule has 0 radical (unpaired) electrons. The SMILES string of the molecule is CS(=O)(=O)O.N=C1OCCN1c1ccc(NC(=O)c2ccc(C(F)(F)F)cc2NC(=O)c2ccc(Cl)s2)cc1. The molecule has 208 valence electrons. The first-order valence-corrected chi connectivity index (χ1v) is 13.8. The number of benzene rings is 2. The largest absolute Gasteiger partial charge is 0.463 e. The molecule has 4 rings (SSSR count). The predicted octanol–water partition coefficient (Wildman–Crippen LogP) is 5.20. The molecule has 1 saturated heterocycles. The number of amides is 2. The van der Waals surface area contributed by atoms with Crippen LogP contribution in [0, 0.1) is 5.41 Å². The van der Waals surface area contributed by atoms with E-state index in [1.54, 1.807) is 29.2 Å². The number of carbonyl (C=O) groups is 2. The zero-order valence-electron chi connectivity index (χ0n) is 19.9. The highest BCUT2D eigenvalue weighted by Crippen LogP contribution is 2.33. The summed E-state index contributed by atoms with van der Waals surface area (Å²) in [5.41, 5.74) is -0.382. The normalized spacial score (nSPS) is 13.3. The van der Waals surface area contributed by atoms with Crippen LogP contribution in [0.4, 0.5) is 30.2 Å². The minimum absolute atomic E-state index is 0.0222. The van der Waals surface area contributed by atoms with Crippen molar-refractivity contribution < 1.29 is 40.5 Å². The number of thiophene rings is 1. The lowest BCUT2D eigenvalue weighted by atomic mass is 10.1. The van der Waals surface area contributed by atoms with Crippen molar-refractivity contribution in [3.8, 4) is 0 Å². The van der Waals surface area contributed by atoms with Crippen LogP contribution in [0.1, 0.15) is 25.6 Å². The van der Waals surface area contributed by atoms with Gasteiger partial charge in [-0.3, -0.25) is 24.5 Å². The Bertz CT molecular complexity index is 1490. The average molecular weight is 605 g/mol. The van der Waals surface area contributed by atoms with Crippen LogP contribution >= 0.6 is 22.9 Å². The van der Waals surface area contributed by atoms with Crippen molar-refractivity contribution in [2.24, 2.45) is 0 Å². The highest BCUT2D eigenvalue weighted by Gasteiger charge is 2.32. The Balaban J connectivity index is 0.000000771. The van der Waals surface area contributed by atoms with Crippen LogP contribution in [0.15, 0.2) is 54.6 Å². The highest BCUT2D eigenvalue weighted by atomic mass is 35.5. The summed E-state index contributed by atoms with van der Waals surface area (Å²) in [5.74, 6) is -1.40. The fourth-order valence-corrected chi connectivity index (χ4v) is 4.16. The molecule has 2 heterocycles. The predicted molar refractivity (Wildman–Crippen MR) is 142 cm³/mol. The van der Waals surface area contributed by atoms with Crippen LogP contribution in [0.3, 0.4) is 0 Å². The monoisotopic (exact) mass is 604 g/mol. The van der Waals surface area contributed by atoms with Crippen LogP contribution < -0.4 is 15.5 Å². The number of alkyl halides is 3. The molecule has 0 unspecified atom stereocenters. The van der Waals surface area contributed by atoms with Gasteiger partial charge in [-0.05, 0) is 54.6 Å². The van der Waals surface area contributed by atoms with Crippen molar-refractivity contribution in [3.63, 3.8) is 0 Å². The molecule has 0 bridgehead atoms. The molecule has 3 aromatic rings. The minimum atomic E-state index is -4.66. The maximum atomic E-state index is 13.2. The quantitative estimate of drug-likeness (QED) is 0.292. The molecule has 1 fully saturated rings. The van der Waals surface area contributed by atoms with Crippen molar-refractivity contribution in [2.45, 2.75) is 6.18 Å². The second-order valence-electron chi connectivity index (χ2n) is 7.86. The van der Waals surface area contributed by atoms with E-state index in [9.17, 15) is 31.2 Å². The van der Waals surface area contributed by atoms with Crippen molar-refractivity contribution in [2.75, 3.05) is 34.9 Å². The summed E-state index contributed by atoms with van der Waals surface area (Å²) in [6.07, 6.45) is -3.95. The maximum Gasteiger partial charge on any atom is 0.416 e. The van der Waals surface area contributed by atoms with Crippen LogP contribution in [0.5, 0.6) is 0 Å². The van der Waals surface area contributed by atoms with Crippen LogP contribution in [-0.2, 0) is 21.0 Å². The molecule has 2 aromatic carbocycles. The van der Waals surface area contributed by atoms with Crippen molar-refractivity contribution >= 4 is 68.0 Å². The number of amidine groups is 1. The van der Waals surface area contributed by atoms with E-state index in [0.717, 1.165) is 23.5 Å². The second kappa shape index (κ2) is 12.0. The third kappa shape index (κ3) is 8.68. The molecular weight excluding hydrogens is 585 g/mol. The number of carbonyl (C=O) groups excluding carboxylic acids is 2. The van der Waals surface area contributed by atoms with Gasteiger partial charge in [0.25, 0.3) is 28.0 Å². The number of nitrogens with one attached hydrogen (secondary N) is 3. The van der Waals surface area contributed by atoms with E-state index < -0.39 is 33.7 Å². The lowest BCUT2D eigenvalue weighted by Gasteiger charge is -2.16. The van der Waals surface area contributed by atoms with E-state index in [1.807, 2.05) is 0 Å². The van der Waals surface area contributed by atoms with E-state index >= 15 is 0 Å². The van der Waals surface area contributed by atoms with Gasteiger partial charge in [0, 0.05) is 11.4 Å². The van der Waals surface area contributed by atoms with Crippen LogP contribution in [0.2, 0.25) is 4.34 Å². The molecule has 10 nitrogen and oxygen atoms in total. The molecule has 0 spiro atoms. The van der Waals surface area contributed by atoms with Crippen molar-refractivity contribution in [1.29, 1.82) is 5.41 Å². The Morgan fingerprint density at radius 1 is 1.08 bits per heavy atom. The first-order valence-electron chi connectivity index (χ1n) is 10.7. The Labute approximate surface area is 229 Å². The summed E-state index contributed by atoms with van der Waals surface area (Å²) in [4.78, 5) is 27.2. The van der Waals surface area contributed by atoms with Gasteiger partial charge in [-0.15, -0.1) is 11.3 Å². The summed E-state index contributed by atoms with van der Waals surface area (Å²) in [6.45, 7) is 0.923. The second-order valence-corrected chi connectivity index (χ2v) is 11.0. The minimum Gasteiger partial charge on any atom is -0.463 e. The number of halogens is 4. The molecule has 4 N–H and O–H groups in total. The zero-order valence-corrected chi connectivity index (χ0v) is 22.3. The molecule has 16 heteroatoms. The average Bonchev–Trinajstić information content (AvgIpc) is 3.46. The molecule has 1 aromatic heterocycles. The Kier molecular flexibility index (Phi) is 9.22. The van der Waals surface area contributed by atoms with E-state index in [1.165, 1.54) is 12.1 Å². The van der Waals surface area contributed by atoms with Gasteiger partial charge in [0.1, 0.15) is 6.61 Å². The first kappa shape index (κ1) is 29.9. The number of hydrogen-bond acceptors (Lipinski definition) is 7. The first-order chi connectivity index (χ1) is 18.1. The number of nitrogens with zero attached hydrogens (tertiary/aromatic N) is 1. The molecule has 0 aliphatic carbocycles. The highest BCUT2D eigenvalue weighted by molar-refractivity contribution is 7.85. The Hall–Kier alpha value is -3.66. The lowest BCUT2D eigenvalue weighted by Crippen LogP contribution is -2.23. The van der Waals surface area contributed by atoms with Crippen LogP contribution in [-0.4, -0.2) is 50.2 Å². The topological polar surface area (TPSA) is 149 Å². The molecule has 2 amide bonds. The van der Waals surface area contributed by atoms with E-state index in [4.69, 9.17) is 26.3 Å². The molecular formula is C23H20ClF3N4O6S2. The van der Waals surface area contributed by atoms with Gasteiger partial charge in [0.05, 0.1) is 38.8 Å². The molecule has 0 atom stereocenters. The van der Waals surface area contributed by atoms with Gasteiger partial charge in [-0.1, -0.05) is 11.6 Å². The summed E-state index contributed by atoms with van der Waals surface area (Å²) in [7, 11) is -3.67. The summed E-state index contributed by atoms with van der Waals surface area (Å²) in [5, 5.41) is 12.7. The van der Waals surface area contributed by atoms with Gasteiger partial charge >= 0.3 is 6.18 Å². The van der Waals surface area contributed by atoms with E-state index in [-0.39, 0.29) is 22.1 Å². The van der Waals surface area contributed by atoms with Gasteiger partial charge in [-0.25, -0.2) is 0 Å². The third-order valence-electron chi connectivity index (χ3n) is 4.87. The zero-order chi connectivity index (χ0) is 29.0. The standard InChI is InChI=1S/C22H16ClF3N4O3S.CH4O3S/c23-18-8-7-17(34-18)20(32)29-16-11-12(22(24,25)26)1-6-15(16)19(31)28-13-2-4-14(5-3-13)30-9-10-33-21(30)27;1-5(2,3)4/h1-8,11,27H,9-10H2,(H,28,31)(H,29,32);1H3,(H,2,3,4). The fourth-order valence-electron chi connectivity index (χ4n) is 3.22. The van der Waals surface area contributed by atoms with Gasteiger partial charge in [0.2, 0.25) is 0 Å².